The third-order valence-corrected chi connectivity index (χ3v) is 3.21. The SMILES string of the molecule is COCCCC(NC(=O)NCC1CCCCO1)C(=O)O. The quantitative estimate of drug-likeness (QED) is 0.572. The van der Waals surface area contributed by atoms with Crippen LogP contribution in [0.25, 0.3) is 0 Å². The maximum atomic E-state index is 11.7. The Balaban J connectivity index is 2.24. The lowest BCUT2D eigenvalue weighted by Crippen LogP contribution is -2.48. The minimum Gasteiger partial charge on any atom is -0.480 e. The smallest absolute Gasteiger partial charge is 0.326 e. The number of urea groups is 1. The molecule has 1 rings (SSSR count). The Morgan fingerprint density at radius 3 is 2.85 bits per heavy atom. The van der Waals surface area contributed by atoms with Gasteiger partial charge in [-0.2, -0.15) is 0 Å². The highest BCUT2D eigenvalue weighted by molar-refractivity contribution is 5.82. The number of hydrogen-bond donors (Lipinski definition) is 3. The van der Waals surface area contributed by atoms with E-state index >= 15 is 0 Å². The van der Waals surface area contributed by atoms with E-state index in [-0.39, 0.29) is 6.10 Å². The second-order valence-corrected chi connectivity index (χ2v) is 4.87. The molecule has 0 saturated carbocycles. The van der Waals surface area contributed by atoms with Gasteiger partial charge in [0.15, 0.2) is 0 Å². The molecule has 2 unspecified atom stereocenters. The molecule has 7 nitrogen and oxygen atoms in total. The minimum atomic E-state index is -1.04. The van der Waals surface area contributed by atoms with E-state index in [1.165, 1.54) is 0 Å². The highest BCUT2D eigenvalue weighted by atomic mass is 16.5. The van der Waals surface area contributed by atoms with E-state index in [0.717, 1.165) is 25.9 Å². The Bertz CT molecular complexity index is 305. The van der Waals surface area contributed by atoms with Crippen LogP contribution in [0.4, 0.5) is 4.79 Å². The molecular weight excluding hydrogens is 264 g/mol. The van der Waals surface area contributed by atoms with Crippen LogP contribution in [0.15, 0.2) is 0 Å². The molecule has 0 radical (unpaired) electrons. The highest BCUT2D eigenvalue weighted by Gasteiger charge is 2.20. The van der Waals surface area contributed by atoms with Crippen LogP contribution in [-0.4, -0.2) is 56.1 Å². The zero-order valence-electron chi connectivity index (χ0n) is 11.9. The van der Waals surface area contributed by atoms with E-state index in [2.05, 4.69) is 10.6 Å². The van der Waals surface area contributed by atoms with Crippen LogP contribution in [-0.2, 0) is 14.3 Å². The number of carbonyl (C=O) groups is 2. The van der Waals surface area contributed by atoms with E-state index in [1.54, 1.807) is 7.11 Å². The molecule has 1 aliphatic heterocycles. The number of methoxy groups -OCH3 is 1. The van der Waals surface area contributed by atoms with Gasteiger partial charge in [-0.3, -0.25) is 0 Å². The van der Waals surface area contributed by atoms with Crippen LogP contribution >= 0.6 is 0 Å². The molecule has 2 atom stereocenters. The Labute approximate surface area is 119 Å². The summed E-state index contributed by atoms with van der Waals surface area (Å²) in [5, 5.41) is 14.1. The van der Waals surface area contributed by atoms with E-state index in [0.29, 0.717) is 26.0 Å². The average molecular weight is 288 g/mol. The summed E-state index contributed by atoms with van der Waals surface area (Å²) in [4.78, 5) is 22.7. The normalized spacial score (nSPS) is 20.1. The number of rotatable bonds is 8. The third kappa shape index (κ3) is 6.72. The van der Waals surface area contributed by atoms with Gasteiger partial charge in [0, 0.05) is 26.9 Å². The molecule has 0 spiro atoms. The minimum absolute atomic E-state index is 0.0336. The highest BCUT2D eigenvalue weighted by Crippen LogP contribution is 2.11. The fourth-order valence-electron chi connectivity index (χ4n) is 2.07. The zero-order chi connectivity index (χ0) is 14.8. The summed E-state index contributed by atoms with van der Waals surface area (Å²) in [6, 6.07) is -1.36. The van der Waals surface area contributed by atoms with Gasteiger partial charge in [-0.15, -0.1) is 0 Å². The molecule has 1 aliphatic rings. The first-order chi connectivity index (χ1) is 9.63. The standard InChI is InChI=1S/C13H24N2O5/c1-19-7-4-6-11(12(16)17)15-13(18)14-9-10-5-2-3-8-20-10/h10-11H,2-9H2,1H3,(H,16,17)(H2,14,15,18). The van der Waals surface area contributed by atoms with Crippen molar-refractivity contribution < 1.29 is 24.2 Å². The molecular formula is C13H24N2O5. The molecule has 20 heavy (non-hydrogen) atoms. The van der Waals surface area contributed by atoms with Crippen LogP contribution in [0.1, 0.15) is 32.1 Å². The van der Waals surface area contributed by atoms with Crippen LogP contribution < -0.4 is 10.6 Å². The molecule has 3 N–H and O–H groups in total. The first kappa shape index (κ1) is 16.7. The van der Waals surface area contributed by atoms with Crippen LogP contribution in [0.5, 0.6) is 0 Å². The zero-order valence-corrected chi connectivity index (χ0v) is 11.9. The van der Waals surface area contributed by atoms with Gasteiger partial charge in [0.05, 0.1) is 6.10 Å². The van der Waals surface area contributed by atoms with Crippen LogP contribution in [0, 0.1) is 0 Å². The third-order valence-electron chi connectivity index (χ3n) is 3.21. The number of ether oxygens (including phenoxy) is 2. The fraction of sp³-hybridized carbons (Fsp3) is 0.846. The number of aliphatic carboxylic acids is 1. The molecule has 2 amide bonds. The Morgan fingerprint density at radius 2 is 2.25 bits per heavy atom. The van der Waals surface area contributed by atoms with Crippen molar-refractivity contribution in [2.24, 2.45) is 0 Å². The number of amides is 2. The summed E-state index contributed by atoms with van der Waals surface area (Å²) in [5.74, 6) is -1.04. The Hall–Kier alpha value is -1.34. The second-order valence-electron chi connectivity index (χ2n) is 4.87. The lowest BCUT2D eigenvalue weighted by molar-refractivity contribution is -0.139. The number of nitrogens with one attached hydrogen (secondary N) is 2. The summed E-state index contributed by atoms with van der Waals surface area (Å²) in [6.07, 6.45) is 4.05. The van der Waals surface area contributed by atoms with E-state index < -0.39 is 18.0 Å². The van der Waals surface area contributed by atoms with Crippen molar-refractivity contribution in [3.05, 3.63) is 0 Å². The van der Waals surface area contributed by atoms with Crippen molar-refractivity contribution in [1.82, 2.24) is 10.6 Å². The average Bonchev–Trinajstić information content (AvgIpc) is 2.45. The summed E-state index contributed by atoms with van der Waals surface area (Å²) in [6.45, 7) is 1.61. The van der Waals surface area contributed by atoms with Gasteiger partial charge in [0.2, 0.25) is 0 Å². The number of carboxylic acids is 1. The second kappa shape index (κ2) is 9.55. The van der Waals surface area contributed by atoms with Crippen molar-refractivity contribution in [1.29, 1.82) is 0 Å². The molecule has 0 aromatic rings. The molecule has 0 aliphatic carbocycles. The van der Waals surface area contributed by atoms with Gasteiger partial charge in [0.1, 0.15) is 6.04 Å². The summed E-state index contributed by atoms with van der Waals surface area (Å²) >= 11 is 0. The first-order valence-electron chi connectivity index (χ1n) is 7.01. The van der Waals surface area contributed by atoms with Crippen molar-refractivity contribution in [3.63, 3.8) is 0 Å². The van der Waals surface area contributed by atoms with Crippen molar-refractivity contribution in [2.75, 3.05) is 26.9 Å². The molecule has 1 heterocycles. The van der Waals surface area contributed by atoms with Gasteiger partial charge in [0.25, 0.3) is 0 Å². The van der Waals surface area contributed by atoms with Crippen LogP contribution in [0.2, 0.25) is 0 Å². The van der Waals surface area contributed by atoms with E-state index in [9.17, 15) is 9.59 Å². The molecule has 1 fully saturated rings. The first-order valence-corrected chi connectivity index (χ1v) is 7.01. The number of carbonyl (C=O) groups excluding carboxylic acids is 1. The van der Waals surface area contributed by atoms with Gasteiger partial charge < -0.3 is 25.2 Å². The molecule has 0 aromatic carbocycles. The monoisotopic (exact) mass is 288 g/mol. The topological polar surface area (TPSA) is 96.9 Å². The lowest BCUT2D eigenvalue weighted by atomic mass is 10.1. The number of hydrogen-bond acceptors (Lipinski definition) is 4. The maximum absolute atomic E-state index is 11.7. The Morgan fingerprint density at radius 1 is 1.45 bits per heavy atom. The summed E-state index contributed by atoms with van der Waals surface area (Å²) in [5.41, 5.74) is 0. The molecule has 7 heteroatoms. The van der Waals surface area contributed by atoms with Gasteiger partial charge in [-0.1, -0.05) is 0 Å². The van der Waals surface area contributed by atoms with Gasteiger partial charge in [-0.05, 0) is 32.1 Å². The lowest BCUT2D eigenvalue weighted by Gasteiger charge is -2.23. The Kier molecular flexibility index (Phi) is 7.98. The van der Waals surface area contributed by atoms with Crippen molar-refractivity contribution >= 4 is 12.0 Å². The molecule has 1 saturated heterocycles. The molecule has 0 aromatic heterocycles. The summed E-state index contributed by atoms with van der Waals surface area (Å²) < 4.78 is 10.4. The van der Waals surface area contributed by atoms with Gasteiger partial charge >= 0.3 is 12.0 Å². The predicted molar refractivity (Wildman–Crippen MR) is 72.7 cm³/mol. The molecule has 116 valence electrons. The largest absolute Gasteiger partial charge is 0.480 e. The fourth-order valence-corrected chi connectivity index (χ4v) is 2.07. The molecule has 0 bridgehead atoms. The van der Waals surface area contributed by atoms with Crippen LogP contribution in [0.3, 0.4) is 0 Å². The maximum Gasteiger partial charge on any atom is 0.326 e. The van der Waals surface area contributed by atoms with E-state index in [1.807, 2.05) is 0 Å². The van der Waals surface area contributed by atoms with Crippen molar-refractivity contribution in [2.45, 2.75) is 44.2 Å². The number of carboxylic acid groups (broad SMARTS) is 1. The van der Waals surface area contributed by atoms with Crippen molar-refractivity contribution in [3.8, 4) is 0 Å². The van der Waals surface area contributed by atoms with E-state index in [4.69, 9.17) is 14.6 Å². The van der Waals surface area contributed by atoms with Gasteiger partial charge in [-0.25, -0.2) is 9.59 Å². The predicted octanol–water partition coefficient (Wildman–Crippen LogP) is 0.735. The summed E-state index contributed by atoms with van der Waals surface area (Å²) in [7, 11) is 1.56.